The van der Waals surface area contributed by atoms with E-state index in [4.69, 9.17) is 5.73 Å². The number of nitrogens with one attached hydrogen (secondary N) is 2. The zero-order valence-corrected chi connectivity index (χ0v) is 11.9. The zero-order chi connectivity index (χ0) is 14.2. The monoisotopic (exact) mass is 281 g/mol. The molecule has 0 aromatic rings. The van der Waals surface area contributed by atoms with Gasteiger partial charge < -0.3 is 10.5 Å². The normalized spacial score (nSPS) is 13.4. The first-order valence-corrected chi connectivity index (χ1v) is 7.47. The summed E-state index contributed by atoms with van der Waals surface area (Å²) in [6.45, 7) is 5.97. The van der Waals surface area contributed by atoms with E-state index in [1.165, 1.54) is 0 Å². The highest BCUT2D eigenvalue weighted by Crippen LogP contribution is 2.05. The van der Waals surface area contributed by atoms with Gasteiger partial charge in [0.15, 0.2) is 0 Å². The number of carbonyl (C=O) groups excluding carboxylic acids is 1. The molecule has 1 amide bonds. The van der Waals surface area contributed by atoms with E-state index < -0.39 is 16.3 Å². The molecule has 0 aliphatic rings. The van der Waals surface area contributed by atoms with Crippen molar-refractivity contribution >= 4 is 16.3 Å². The summed E-state index contributed by atoms with van der Waals surface area (Å²) in [5, 5.41) is 0. The molecule has 0 saturated heterocycles. The van der Waals surface area contributed by atoms with E-state index in [2.05, 4.69) is 9.46 Å². The van der Waals surface area contributed by atoms with Gasteiger partial charge in [-0.3, -0.25) is 0 Å². The van der Waals surface area contributed by atoms with E-state index in [0.717, 1.165) is 12.8 Å². The van der Waals surface area contributed by atoms with Crippen molar-refractivity contribution in [2.45, 2.75) is 39.7 Å². The van der Waals surface area contributed by atoms with Crippen LogP contribution in [0.4, 0.5) is 4.79 Å². The Hall–Kier alpha value is -0.860. The van der Waals surface area contributed by atoms with Gasteiger partial charge in [0.25, 0.3) is 0 Å². The third kappa shape index (κ3) is 8.26. The van der Waals surface area contributed by atoms with Crippen molar-refractivity contribution in [1.29, 1.82) is 0 Å². The van der Waals surface area contributed by atoms with Gasteiger partial charge in [0, 0.05) is 6.54 Å². The molecule has 8 heteroatoms. The number of rotatable bonds is 8. The summed E-state index contributed by atoms with van der Waals surface area (Å²) in [5.74, 6) is 0.160. The first kappa shape index (κ1) is 17.1. The number of carbonyl (C=O) groups is 1. The Balaban J connectivity index is 4.18. The van der Waals surface area contributed by atoms with Gasteiger partial charge >= 0.3 is 16.3 Å². The number of hydrogen-bond acceptors (Lipinski definition) is 5. The largest absolute Gasteiger partial charge is 0.446 e. The van der Waals surface area contributed by atoms with Gasteiger partial charge in [-0.2, -0.15) is 13.1 Å². The van der Waals surface area contributed by atoms with Gasteiger partial charge in [-0.05, 0) is 32.7 Å². The molecule has 0 aromatic heterocycles. The van der Waals surface area contributed by atoms with Crippen molar-refractivity contribution in [3.05, 3.63) is 0 Å². The standard InChI is InChI=1S/C10H23N3O4S/c1-4-9(5-6-11)7-12-18(15,16)13-10(14)17-8(2)3/h8-9,12H,4-7,11H2,1-3H3,(H,13,14). The Morgan fingerprint density at radius 1 is 1.39 bits per heavy atom. The maximum atomic E-state index is 11.5. The van der Waals surface area contributed by atoms with Gasteiger partial charge in [-0.1, -0.05) is 13.3 Å². The molecule has 0 radical (unpaired) electrons. The van der Waals surface area contributed by atoms with Crippen LogP contribution >= 0.6 is 0 Å². The molecule has 7 nitrogen and oxygen atoms in total. The molecule has 18 heavy (non-hydrogen) atoms. The quantitative estimate of drug-likeness (QED) is 0.594. The highest BCUT2D eigenvalue weighted by molar-refractivity contribution is 7.88. The van der Waals surface area contributed by atoms with Crippen LogP contribution in [0.15, 0.2) is 0 Å². The van der Waals surface area contributed by atoms with Crippen LogP contribution in [-0.2, 0) is 14.9 Å². The molecule has 0 aliphatic heterocycles. The van der Waals surface area contributed by atoms with Crippen LogP contribution in [0.1, 0.15) is 33.6 Å². The van der Waals surface area contributed by atoms with Gasteiger partial charge in [-0.25, -0.2) is 9.52 Å². The third-order valence-corrected chi connectivity index (χ3v) is 3.26. The maximum absolute atomic E-state index is 11.5. The van der Waals surface area contributed by atoms with Crippen LogP contribution in [-0.4, -0.2) is 33.7 Å². The summed E-state index contributed by atoms with van der Waals surface area (Å²) in [6.07, 6.45) is 0.191. The van der Waals surface area contributed by atoms with Crippen molar-refractivity contribution in [2.24, 2.45) is 11.7 Å². The van der Waals surface area contributed by atoms with Crippen molar-refractivity contribution in [3.8, 4) is 0 Å². The predicted molar refractivity (Wildman–Crippen MR) is 69.1 cm³/mol. The second-order valence-corrected chi connectivity index (χ2v) is 5.76. The summed E-state index contributed by atoms with van der Waals surface area (Å²) in [4.78, 5) is 11.1. The molecule has 0 bridgehead atoms. The summed E-state index contributed by atoms with van der Waals surface area (Å²) >= 11 is 0. The molecule has 0 aliphatic carbocycles. The Morgan fingerprint density at radius 2 is 2.00 bits per heavy atom. The minimum absolute atomic E-state index is 0.160. The molecule has 108 valence electrons. The average molecular weight is 281 g/mol. The van der Waals surface area contributed by atoms with E-state index in [-0.39, 0.29) is 18.6 Å². The van der Waals surface area contributed by atoms with Crippen LogP contribution < -0.4 is 15.2 Å². The van der Waals surface area contributed by atoms with Crippen LogP contribution in [0.25, 0.3) is 0 Å². The second kappa shape index (κ2) is 8.28. The second-order valence-electron chi connectivity index (χ2n) is 4.26. The van der Waals surface area contributed by atoms with E-state index >= 15 is 0 Å². The number of ether oxygens (including phenoxy) is 1. The first-order valence-electron chi connectivity index (χ1n) is 5.98. The van der Waals surface area contributed by atoms with Gasteiger partial charge in [0.2, 0.25) is 0 Å². The zero-order valence-electron chi connectivity index (χ0n) is 11.1. The van der Waals surface area contributed by atoms with Gasteiger partial charge in [-0.15, -0.1) is 0 Å². The Labute approximate surface area is 109 Å². The summed E-state index contributed by atoms with van der Waals surface area (Å²) in [5.41, 5.74) is 5.41. The fourth-order valence-corrected chi connectivity index (χ4v) is 2.09. The summed E-state index contributed by atoms with van der Waals surface area (Å²) in [6, 6.07) is 0. The third-order valence-electron chi connectivity index (χ3n) is 2.27. The minimum atomic E-state index is -3.87. The Bertz CT molecular complexity index is 343. The molecule has 1 unspecified atom stereocenters. The predicted octanol–water partition coefficient (Wildman–Crippen LogP) is 0.330. The van der Waals surface area contributed by atoms with Crippen molar-refractivity contribution in [2.75, 3.05) is 13.1 Å². The van der Waals surface area contributed by atoms with Crippen LogP contribution in [0.3, 0.4) is 0 Å². The molecule has 1 atom stereocenters. The molecular weight excluding hydrogens is 258 g/mol. The topological polar surface area (TPSA) is 111 Å². The van der Waals surface area contributed by atoms with Crippen molar-refractivity contribution in [3.63, 3.8) is 0 Å². The fourth-order valence-electron chi connectivity index (χ4n) is 1.30. The number of nitrogens with two attached hydrogens (primary N) is 1. The lowest BCUT2D eigenvalue weighted by Crippen LogP contribution is -2.43. The SMILES string of the molecule is CCC(CCN)CNS(=O)(=O)NC(=O)OC(C)C. The molecular formula is C10H23N3O4S. The smallest absolute Gasteiger partial charge is 0.422 e. The molecule has 4 N–H and O–H groups in total. The first-order chi connectivity index (χ1) is 8.30. The lowest BCUT2D eigenvalue weighted by molar-refractivity contribution is 0.121. The highest BCUT2D eigenvalue weighted by atomic mass is 32.2. The minimum Gasteiger partial charge on any atom is -0.446 e. The van der Waals surface area contributed by atoms with Gasteiger partial charge in [0.1, 0.15) is 0 Å². The van der Waals surface area contributed by atoms with Gasteiger partial charge in [0.05, 0.1) is 6.10 Å². The Kier molecular flexibility index (Phi) is 7.88. The molecule has 0 spiro atoms. The van der Waals surface area contributed by atoms with E-state index in [0.29, 0.717) is 6.54 Å². The fraction of sp³-hybridized carbons (Fsp3) is 0.900. The molecule has 0 rings (SSSR count). The maximum Gasteiger partial charge on any atom is 0.422 e. The summed E-state index contributed by atoms with van der Waals surface area (Å²) in [7, 11) is -3.87. The van der Waals surface area contributed by atoms with E-state index in [9.17, 15) is 13.2 Å². The lowest BCUT2D eigenvalue weighted by Gasteiger charge is -2.15. The molecule has 0 aromatic carbocycles. The number of hydrogen-bond donors (Lipinski definition) is 3. The lowest BCUT2D eigenvalue weighted by atomic mass is 10.0. The van der Waals surface area contributed by atoms with Crippen LogP contribution in [0.2, 0.25) is 0 Å². The molecule has 0 saturated carbocycles. The van der Waals surface area contributed by atoms with Crippen LogP contribution in [0.5, 0.6) is 0 Å². The molecule has 0 heterocycles. The van der Waals surface area contributed by atoms with Crippen LogP contribution in [0, 0.1) is 5.92 Å². The van der Waals surface area contributed by atoms with Crippen molar-refractivity contribution < 1.29 is 17.9 Å². The number of amides is 1. The average Bonchev–Trinajstić information content (AvgIpc) is 2.22. The highest BCUT2D eigenvalue weighted by Gasteiger charge is 2.17. The Morgan fingerprint density at radius 3 is 2.44 bits per heavy atom. The van der Waals surface area contributed by atoms with E-state index in [1.54, 1.807) is 18.6 Å². The summed E-state index contributed by atoms with van der Waals surface area (Å²) < 4.78 is 31.7. The van der Waals surface area contributed by atoms with Crippen molar-refractivity contribution in [1.82, 2.24) is 9.44 Å². The molecule has 0 fully saturated rings. The van der Waals surface area contributed by atoms with E-state index in [1.807, 2.05) is 6.92 Å².